The fraction of sp³-hybridized carbons (Fsp3) is 1.00. The highest BCUT2D eigenvalue weighted by Crippen LogP contribution is 2.36. The van der Waals surface area contributed by atoms with Gasteiger partial charge in [0.2, 0.25) is 0 Å². The van der Waals surface area contributed by atoms with Crippen LogP contribution in [0.5, 0.6) is 0 Å². The lowest BCUT2D eigenvalue weighted by molar-refractivity contribution is 0.257. The number of nitrogens with one attached hydrogen (secondary N) is 1. The van der Waals surface area contributed by atoms with Crippen LogP contribution in [-0.4, -0.2) is 31.8 Å². The molecule has 0 aromatic carbocycles. The van der Waals surface area contributed by atoms with E-state index in [1.54, 1.807) is 0 Å². The fourth-order valence-electron chi connectivity index (χ4n) is 0.991. The van der Waals surface area contributed by atoms with E-state index in [1.165, 1.54) is 6.66 Å². The zero-order chi connectivity index (χ0) is 14.2. The first-order valence-corrected chi connectivity index (χ1v) is 8.68. The molecule has 0 amide bonds. The van der Waals surface area contributed by atoms with Crippen LogP contribution in [0.25, 0.3) is 0 Å². The van der Waals surface area contributed by atoms with Crippen molar-refractivity contribution in [3.05, 3.63) is 0 Å². The summed E-state index contributed by atoms with van der Waals surface area (Å²) < 4.78 is 15.4. The van der Waals surface area contributed by atoms with Gasteiger partial charge in [0.1, 0.15) is 0 Å². The molecule has 0 aliphatic heterocycles. The first-order valence-electron chi connectivity index (χ1n) is 6.65. The van der Waals surface area contributed by atoms with Gasteiger partial charge < -0.3 is 14.7 Å². The number of rotatable bonds is 8. The summed E-state index contributed by atoms with van der Waals surface area (Å²) in [6, 6.07) is 0. The monoisotopic (exact) mass is 269 g/mol. The van der Waals surface area contributed by atoms with Gasteiger partial charge in [-0.2, -0.15) is 0 Å². The minimum Gasteiger partial charge on any atom is -0.324 e. The van der Waals surface area contributed by atoms with E-state index in [1.807, 2.05) is 34.7 Å². The van der Waals surface area contributed by atoms with Crippen LogP contribution in [0.1, 0.15) is 53.4 Å². The normalized spacial score (nSPS) is 12.6. The second kappa shape index (κ2) is 18.5. The van der Waals surface area contributed by atoms with Crippen molar-refractivity contribution in [3.63, 3.8) is 0 Å². The molecular weight excluding hydrogens is 237 g/mol. The van der Waals surface area contributed by atoms with Crippen LogP contribution in [0.15, 0.2) is 0 Å². The Morgan fingerprint density at radius 1 is 1.06 bits per heavy atom. The fourth-order valence-corrected chi connectivity index (χ4v) is 1.46. The van der Waals surface area contributed by atoms with Gasteiger partial charge in [-0.3, -0.25) is 4.57 Å². The topological polar surface area (TPSA) is 58.6 Å². The van der Waals surface area contributed by atoms with Crippen LogP contribution < -0.4 is 5.32 Å². The van der Waals surface area contributed by atoms with Crippen LogP contribution in [0.4, 0.5) is 0 Å². The molecule has 0 radical (unpaired) electrons. The Kier molecular flexibility index (Phi) is 24.2. The smallest absolute Gasteiger partial charge is 0.324 e. The van der Waals surface area contributed by atoms with Crippen LogP contribution in [-0.2, 0) is 9.09 Å². The Labute approximate surface area is 108 Å². The predicted molar refractivity (Wildman–Crippen MR) is 76.8 cm³/mol. The summed E-state index contributed by atoms with van der Waals surface area (Å²) >= 11 is 0. The Bertz CT molecular complexity index is 160. The quantitative estimate of drug-likeness (QED) is 0.521. The zero-order valence-electron chi connectivity index (χ0n) is 12.5. The van der Waals surface area contributed by atoms with Gasteiger partial charge in [0, 0.05) is 6.66 Å². The lowest BCUT2D eigenvalue weighted by Gasteiger charge is -2.06. The molecule has 0 heterocycles. The van der Waals surface area contributed by atoms with Crippen molar-refractivity contribution >= 4 is 7.60 Å². The van der Waals surface area contributed by atoms with Gasteiger partial charge in [-0.15, -0.1) is 0 Å². The van der Waals surface area contributed by atoms with Gasteiger partial charge in [0.15, 0.2) is 0 Å². The largest absolute Gasteiger partial charge is 0.325 e. The molecule has 0 bridgehead atoms. The molecule has 5 heteroatoms. The molecule has 2 N–H and O–H groups in total. The summed E-state index contributed by atoms with van der Waals surface area (Å²) in [6.45, 7) is 10.6. The van der Waals surface area contributed by atoms with E-state index in [0.717, 1.165) is 32.2 Å². The highest BCUT2D eigenvalue weighted by Gasteiger charge is 2.08. The molecule has 0 aliphatic carbocycles. The third-order valence-corrected chi connectivity index (χ3v) is 2.31. The molecule has 108 valence electrons. The van der Waals surface area contributed by atoms with Gasteiger partial charge in [0.25, 0.3) is 0 Å². The SMILES string of the molecule is CC.CC.CNCCCCCCOP(C)(=O)O. The molecule has 1 atom stereocenters. The maximum atomic E-state index is 10.7. The van der Waals surface area contributed by atoms with Crippen molar-refractivity contribution < 1.29 is 14.0 Å². The van der Waals surface area contributed by atoms with E-state index >= 15 is 0 Å². The van der Waals surface area contributed by atoms with Crippen LogP contribution in [0.2, 0.25) is 0 Å². The lowest BCUT2D eigenvalue weighted by Crippen LogP contribution is -2.07. The molecule has 17 heavy (non-hydrogen) atoms. The summed E-state index contributed by atoms with van der Waals surface area (Å²) in [6.07, 6.45) is 4.22. The molecule has 0 aromatic heterocycles. The molecule has 4 nitrogen and oxygen atoms in total. The maximum Gasteiger partial charge on any atom is 0.325 e. The lowest BCUT2D eigenvalue weighted by atomic mass is 10.2. The highest BCUT2D eigenvalue weighted by atomic mass is 31.2. The second-order valence-electron chi connectivity index (χ2n) is 3.15. The van der Waals surface area contributed by atoms with Gasteiger partial charge in [0.05, 0.1) is 6.61 Å². The minimum atomic E-state index is -3.24. The first-order chi connectivity index (χ1) is 8.06. The molecule has 0 saturated carbocycles. The molecule has 0 rings (SSSR count). The molecular formula is C12H32NO3P. The molecule has 0 saturated heterocycles. The third-order valence-electron chi connectivity index (χ3n) is 1.65. The van der Waals surface area contributed by atoms with Crippen molar-refractivity contribution in [2.24, 2.45) is 0 Å². The summed E-state index contributed by atoms with van der Waals surface area (Å²) in [5.41, 5.74) is 0. The van der Waals surface area contributed by atoms with Gasteiger partial charge in [-0.05, 0) is 26.4 Å². The summed E-state index contributed by atoms with van der Waals surface area (Å²) in [4.78, 5) is 8.78. The second-order valence-corrected chi connectivity index (χ2v) is 5.02. The maximum absolute atomic E-state index is 10.7. The third kappa shape index (κ3) is 31.4. The standard InChI is InChI=1S/C8H20NO3P.2C2H6/c1-9-7-5-3-4-6-8-12-13(2,10)11;2*1-2/h9H,3-8H2,1-2H3,(H,10,11);2*1-2H3. The highest BCUT2D eigenvalue weighted by molar-refractivity contribution is 7.51. The van der Waals surface area contributed by atoms with Crippen LogP contribution in [0.3, 0.4) is 0 Å². The Balaban J connectivity index is -0.000000439. The summed E-state index contributed by atoms with van der Waals surface area (Å²) in [5.74, 6) is 0. The number of hydrogen-bond acceptors (Lipinski definition) is 3. The summed E-state index contributed by atoms with van der Waals surface area (Å²) in [5, 5.41) is 3.07. The number of unbranched alkanes of at least 4 members (excludes halogenated alkanes) is 3. The van der Waals surface area contributed by atoms with E-state index in [2.05, 4.69) is 5.32 Å². The molecule has 0 spiro atoms. The first kappa shape index (κ1) is 22.3. The van der Waals surface area contributed by atoms with Crippen molar-refractivity contribution in [1.82, 2.24) is 5.32 Å². The predicted octanol–water partition coefficient (Wildman–Crippen LogP) is 3.65. The van der Waals surface area contributed by atoms with E-state index in [-0.39, 0.29) is 0 Å². The van der Waals surface area contributed by atoms with Gasteiger partial charge in [-0.1, -0.05) is 40.5 Å². The van der Waals surface area contributed by atoms with E-state index < -0.39 is 7.60 Å². The summed E-state index contributed by atoms with van der Waals surface area (Å²) in [7, 11) is -1.31. The molecule has 1 unspecified atom stereocenters. The Morgan fingerprint density at radius 3 is 1.94 bits per heavy atom. The zero-order valence-corrected chi connectivity index (χ0v) is 13.3. The molecule has 0 aromatic rings. The Hall–Kier alpha value is 0.110. The number of hydrogen-bond donors (Lipinski definition) is 2. The van der Waals surface area contributed by atoms with E-state index in [0.29, 0.717) is 6.61 Å². The van der Waals surface area contributed by atoms with E-state index in [4.69, 9.17) is 9.42 Å². The average Bonchev–Trinajstić information content (AvgIpc) is 2.32. The van der Waals surface area contributed by atoms with Crippen molar-refractivity contribution in [2.45, 2.75) is 53.4 Å². The van der Waals surface area contributed by atoms with E-state index in [9.17, 15) is 4.57 Å². The minimum absolute atomic E-state index is 0.393. The van der Waals surface area contributed by atoms with Crippen molar-refractivity contribution in [1.29, 1.82) is 0 Å². The molecule has 0 fully saturated rings. The van der Waals surface area contributed by atoms with Gasteiger partial charge >= 0.3 is 7.60 Å². The average molecular weight is 269 g/mol. The van der Waals surface area contributed by atoms with Crippen LogP contribution >= 0.6 is 7.60 Å². The van der Waals surface area contributed by atoms with Crippen molar-refractivity contribution in [3.8, 4) is 0 Å². The van der Waals surface area contributed by atoms with Crippen molar-refractivity contribution in [2.75, 3.05) is 26.9 Å². The Morgan fingerprint density at radius 2 is 1.53 bits per heavy atom. The van der Waals surface area contributed by atoms with Crippen LogP contribution in [0, 0.1) is 0 Å². The molecule has 0 aliphatic rings. The van der Waals surface area contributed by atoms with Gasteiger partial charge in [-0.25, -0.2) is 0 Å².